The zero-order valence-electron chi connectivity index (χ0n) is 17.3. The first-order chi connectivity index (χ1) is 15.4. The molecule has 0 bridgehead atoms. The van der Waals surface area contributed by atoms with Gasteiger partial charge >= 0.3 is 6.16 Å². The van der Waals surface area contributed by atoms with Gasteiger partial charge in [-0.1, -0.05) is 18.2 Å². The van der Waals surface area contributed by atoms with E-state index >= 15 is 0 Å². The molecule has 0 spiro atoms. The largest absolute Gasteiger partial charge is 0.513 e. The van der Waals surface area contributed by atoms with Crippen molar-refractivity contribution in [3.63, 3.8) is 0 Å². The lowest BCUT2D eigenvalue weighted by Crippen LogP contribution is -2.22. The van der Waals surface area contributed by atoms with Crippen LogP contribution in [0.5, 0.6) is 11.5 Å². The molecule has 0 aliphatic carbocycles. The smallest absolute Gasteiger partial charge is 0.508 e. The predicted octanol–water partition coefficient (Wildman–Crippen LogP) is 4.11. The molecule has 0 radical (unpaired) electrons. The SMILES string of the molecule is CCOC(=O)Oc1ccc(C(=O)NCc2cccc(NC(=O)c3cccc(O)c3)c2)cc1. The number of rotatable bonds is 7. The van der Waals surface area contributed by atoms with Crippen LogP contribution in [0.4, 0.5) is 10.5 Å². The van der Waals surface area contributed by atoms with Crippen molar-refractivity contribution >= 4 is 23.7 Å². The van der Waals surface area contributed by atoms with E-state index in [2.05, 4.69) is 10.6 Å². The number of hydrogen-bond acceptors (Lipinski definition) is 6. The molecule has 0 atom stereocenters. The molecule has 32 heavy (non-hydrogen) atoms. The van der Waals surface area contributed by atoms with E-state index in [1.807, 2.05) is 6.07 Å². The molecule has 0 aliphatic heterocycles. The molecule has 2 amide bonds. The highest BCUT2D eigenvalue weighted by atomic mass is 16.7. The van der Waals surface area contributed by atoms with E-state index in [0.717, 1.165) is 5.56 Å². The maximum atomic E-state index is 12.4. The summed E-state index contributed by atoms with van der Waals surface area (Å²) in [5.41, 5.74) is 2.08. The lowest BCUT2D eigenvalue weighted by Gasteiger charge is -2.09. The lowest BCUT2D eigenvalue weighted by atomic mass is 10.1. The van der Waals surface area contributed by atoms with E-state index in [9.17, 15) is 19.5 Å². The highest BCUT2D eigenvalue weighted by Gasteiger charge is 2.10. The van der Waals surface area contributed by atoms with Crippen molar-refractivity contribution in [1.82, 2.24) is 5.32 Å². The van der Waals surface area contributed by atoms with Gasteiger partial charge in [0.15, 0.2) is 0 Å². The minimum absolute atomic E-state index is 0.00889. The van der Waals surface area contributed by atoms with Gasteiger partial charge in [-0.3, -0.25) is 9.59 Å². The molecular formula is C24H22N2O6. The van der Waals surface area contributed by atoms with E-state index in [1.54, 1.807) is 37.3 Å². The minimum Gasteiger partial charge on any atom is -0.508 e. The third-order valence-electron chi connectivity index (χ3n) is 4.33. The van der Waals surface area contributed by atoms with Gasteiger partial charge in [0.05, 0.1) is 6.61 Å². The first-order valence-corrected chi connectivity index (χ1v) is 9.87. The Hall–Kier alpha value is -4.33. The normalized spacial score (nSPS) is 10.2. The Labute approximate surface area is 184 Å². The first kappa shape index (κ1) is 22.4. The molecule has 0 aliphatic rings. The van der Waals surface area contributed by atoms with Gasteiger partial charge in [0.1, 0.15) is 11.5 Å². The summed E-state index contributed by atoms with van der Waals surface area (Å²) in [6.45, 7) is 2.13. The number of carbonyl (C=O) groups excluding carboxylic acids is 3. The monoisotopic (exact) mass is 434 g/mol. The molecule has 0 fully saturated rings. The molecule has 164 valence electrons. The van der Waals surface area contributed by atoms with Gasteiger partial charge in [0.25, 0.3) is 11.8 Å². The predicted molar refractivity (Wildman–Crippen MR) is 118 cm³/mol. The number of hydrogen-bond donors (Lipinski definition) is 3. The topological polar surface area (TPSA) is 114 Å². The van der Waals surface area contributed by atoms with Gasteiger partial charge in [0, 0.05) is 23.4 Å². The van der Waals surface area contributed by atoms with Crippen LogP contribution in [0.3, 0.4) is 0 Å². The summed E-state index contributed by atoms with van der Waals surface area (Å²) in [7, 11) is 0. The number of ether oxygens (including phenoxy) is 2. The third-order valence-corrected chi connectivity index (χ3v) is 4.33. The molecule has 0 aromatic heterocycles. The number of nitrogens with one attached hydrogen (secondary N) is 2. The third kappa shape index (κ3) is 6.33. The van der Waals surface area contributed by atoms with Gasteiger partial charge in [0.2, 0.25) is 0 Å². The number of benzene rings is 3. The van der Waals surface area contributed by atoms with Gasteiger partial charge in [-0.05, 0) is 67.1 Å². The fraction of sp³-hybridized carbons (Fsp3) is 0.125. The molecule has 3 aromatic carbocycles. The standard InChI is InChI=1S/C24H22N2O6/c1-2-31-24(30)32-21-11-9-17(10-12-21)22(28)25-15-16-5-3-7-19(13-16)26-23(29)18-6-4-8-20(27)14-18/h3-14,27H,2,15H2,1H3,(H,25,28)(H,26,29). The summed E-state index contributed by atoms with van der Waals surface area (Å²) in [5, 5.41) is 15.1. The van der Waals surface area contributed by atoms with Crippen molar-refractivity contribution in [3.8, 4) is 11.5 Å². The van der Waals surface area contributed by atoms with Gasteiger partial charge in [-0.2, -0.15) is 0 Å². The summed E-state index contributed by atoms with van der Waals surface area (Å²) in [6, 6.07) is 19.2. The number of anilines is 1. The Bertz CT molecular complexity index is 1110. The summed E-state index contributed by atoms with van der Waals surface area (Å²) >= 11 is 0. The van der Waals surface area contributed by atoms with Crippen LogP contribution >= 0.6 is 0 Å². The van der Waals surface area contributed by atoms with E-state index in [-0.39, 0.29) is 36.5 Å². The summed E-state index contributed by atoms with van der Waals surface area (Å²) in [5.74, 6) is -0.376. The fourth-order valence-electron chi connectivity index (χ4n) is 2.81. The van der Waals surface area contributed by atoms with Crippen molar-refractivity contribution in [1.29, 1.82) is 0 Å². The summed E-state index contributed by atoms with van der Waals surface area (Å²) in [4.78, 5) is 36.0. The number of phenolic OH excluding ortho intramolecular Hbond substituents is 1. The highest BCUT2D eigenvalue weighted by Crippen LogP contribution is 2.16. The molecule has 0 unspecified atom stereocenters. The van der Waals surface area contributed by atoms with E-state index < -0.39 is 6.16 Å². The Morgan fingerprint density at radius 2 is 1.62 bits per heavy atom. The van der Waals surface area contributed by atoms with Crippen LogP contribution in [-0.4, -0.2) is 29.7 Å². The molecule has 8 nitrogen and oxygen atoms in total. The van der Waals surface area contributed by atoms with Gasteiger partial charge in [-0.15, -0.1) is 0 Å². The number of phenols is 1. The van der Waals surface area contributed by atoms with Crippen LogP contribution < -0.4 is 15.4 Å². The van der Waals surface area contributed by atoms with Crippen LogP contribution in [0.2, 0.25) is 0 Å². The molecule has 0 saturated carbocycles. The van der Waals surface area contributed by atoms with Crippen molar-refractivity contribution < 1.29 is 29.0 Å². The quantitative estimate of drug-likeness (QED) is 0.381. The van der Waals surface area contributed by atoms with Crippen molar-refractivity contribution in [2.45, 2.75) is 13.5 Å². The van der Waals surface area contributed by atoms with Crippen molar-refractivity contribution in [2.75, 3.05) is 11.9 Å². The highest BCUT2D eigenvalue weighted by molar-refractivity contribution is 6.04. The number of aromatic hydroxyl groups is 1. The molecular weight excluding hydrogens is 412 g/mol. The Balaban J connectivity index is 1.56. The molecule has 3 aromatic rings. The van der Waals surface area contributed by atoms with Gasteiger partial charge < -0.3 is 25.2 Å². The summed E-state index contributed by atoms with van der Waals surface area (Å²) in [6.07, 6.45) is -0.805. The zero-order valence-corrected chi connectivity index (χ0v) is 17.3. The van der Waals surface area contributed by atoms with Crippen molar-refractivity contribution in [2.24, 2.45) is 0 Å². The van der Waals surface area contributed by atoms with Crippen LogP contribution in [0.1, 0.15) is 33.2 Å². The average molecular weight is 434 g/mol. The second-order valence-corrected chi connectivity index (χ2v) is 6.70. The summed E-state index contributed by atoms with van der Waals surface area (Å²) < 4.78 is 9.66. The minimum atomic E-state index is -0.805. The van der Waals surface area contributed by atoms with E-state index in [1.165, 1.54) is 36.4 Å². The molecule has 8 heteroatoms. The molecule has 3 rings (SSSR count). The van der Waals surface area contributed by atoms with Gasteiger partial charge in [-0.25, -0.2) is 4.79 Å². The van der Waals surface area contributed by atoms with Crippen LogP contribution in [0, 0.1) is 0 Å². The maximum absolute atomic E-state index is 12.4. The Kier molecular flexibility index (Phi) is 7.42. The van der Waals surface area contributed by atoms with E-state index in [0.29, 0.717) is 16.8 Å². The molecule has 0 saturated heterocycles. The fourth-order valence-corrected chi connectivity index (χ4v) is 2.81. The van der Waals surface area contributed by atoms with Crippen LogP contribution in [0.25, 0.3) is 0 Å². The Morgan fingerprint density at radius 3 is 2.34 bits per heavy atom. The second-order valence-electron chi connectivity index (χ2n) is 6.70. The zero-order chi connectivity index (χ0) is 22.9. The average Bonchev–Trinajstić information content (AvgIpc) is 2.78. The second kappa shape index (κ2) is 10.6. The number of amides is 2. The number of carbonyl (C=O) groups is 3. The Morgan fingerprint density at radius 1 is 0.875 bits per heavy atom. The van der Waals surface area contributed by atoms with Crippen molar-refractivity contribution in [3.05, 3.63) is 89.5 Å². The molecule has 3 N–H and O–H groups in total. The van der Waals surface area contributed by atoms with Crippen LogP contribution in [-0.2, 0) is 11.3 Å². The lowest BCUT2D eigenvalue weighted by molar-refractivity contribution is 0.0950. The first-order valence-electron chi connectivity index (χ1n) is 9.87. The maximum Gasteiger partial charge on any atom is 0.513 e. The van der Waals surface area contributed by atoms with E-state index in [4.69, 9.17) is 9.47 Å². The van der Waals surface area contributed by atoms with Crippen LogP contribution in [0.15, 0.2) is 72.8 Å². The molecule has 0 heterocycles.